The molecule has 1 aliphatic rings. The number of aryl methyl sites for hydroxylation is 2. The third-order valence-corrected chi connectivity index (χ3v) is 10.7. The summed E-state index contributed by atoms with van der Waals surface area (Å²) in [6.07, 6.45) is 5.30. The lowest BCUT2D eigenvalue weighted by Gasteiger charge is -2.35. The van der Waals surface area contributed by atoms with Crippen LogP contribution in [0.2, 0.25) is 0 Å². The summed E-state index contributed by atoms with van der Waals surface area (Å²) in [5, 5.41) is 3.25. The van der Waals surface area contributed by atoms with Crippen molar-refractivity contribution in [2.24, 2.45) is 0 Å². The summed E-state index contributed by atoms with van der Waals surface area (Å²) in [4.78, 5) is 30.6. The van der Waals surface area contributed by atoms with Gasteiger partial charge in [0.05, 0.1) is 17.7 Å². The van der Waals surface area contributed by atoms with E-state index >= 15 is 0 Å². The average Bonchev–Trinajstić information content (AvgIpc) is 3.09. The van der Waals surface area contributed by atoms with Crippen LogP contribution in [0.15, 0.2) is 108 Å². The molecule has 4 aromatic carbocycles. The molecule has 0 bridgehead atoms. The van der Waals surface area contributed by atoms with Crippen LogP contribution in [0.5, 0.6) is 5.75 Å². The SMILES string of the molecule is COc1ccccc1N(CC(=O)N(Cc1cccc(C)c1)[C@@H](Cc1ccccc1)C(=O)NC1CCCCC1)S(=O)(=O)c1ccc(C)cc1. The third-order valence-electron chi connectivity index (χ3n) is 8.90. The van der Waals surface area contributed by atoms with Crippen molar-refractivity contribution in [3.05, 3.63) is 125 Å². The van der Waals surface area contributed by atoms with Gasteiger partial charge < -0.3 is 15.0 Å². The molecule has 9 heteroatoms. The zero-order valence-corrected chi connectivity index (χ0v) is 28.8. The summed E-state index contributed by atoms with van der Waals surface area (Å²) >= 11 is 0. The Kier molecular flexibility index (Phi) is 11.5. The first-order valence-electron chi connectivity index (χ1n) is 16.6. The van der Waals surface area contributed by atoms with E-state index in [1.165, 1.54) is 19.2 Å². The van der Waals surface area contributed by atoms with Crippen LogP contribution in [0.4, 0.5) is 5.69 Å². The molecule has 0 aromatic heterocycles. The first-order chi connectivity index (χ1) is 23.2. The van der Waals surface area contributed by atoms with Crippen LogP contribution < -0.4 is 14.4 Å². The Hall–Kier alpha value is -4.63. The predicted molar refractivity (Wildman–Crippen MR) is 189 cm³/mol. The largest absolute Gasteiger partial charge is 0.495 e. The van der Waals surface area contributed by atoms with Gasteiger partial charge in [-0.1, -0.05) is 109 Å². The van der Waals surface area contributed by atoms with Gasteiger partial charge in [-0.15, -0.1) is 0 Å². The van der Waals surface area contributed by atoms with E-state index in [-0.39, 0.29) is 35.5 Å². The van der Waals surface area contributed by atoms with Gasteiger partial charge in [-0.3, -0.25) is 13.9 Å². The molecular formula is C39H45N3O5S. The Morgan fingerprint density at radius 2 is 1.48 bits per heavy atom. The molecule has 8 nitrogen and oxygen atoms in total. The lowest BCUT2D eigenvalue weighted by molar-refractivity contribution is -0.140. The summed E-state index contributed by atoms with van der Waals surface area (Å²) in [6, 6.07) is 29.9. The molecule has 0 saturated heterocycles. The molecule has 2 amide bonds. The molecule has 0 spiro atoms. The molecule has 0 unspecified atom stereocenters. The Bertz CT molecular complexity index is 1790. The first kappa shape index (κ1) is 34.7. The highest BCUT2D eigenvalue weighted by Gasteiger charge is 2.36. The van der Waals surface area contributed by atoms with Gasteiger partial charge in [-0.05, 0) is 62.1 Å². The van der Waals surface area contributed by atoms with Gasteiger partial charge in [0.1, 0.15) is 18.3 Å². The van der Waals surface area contributed by atoms with Crippen LogP contribution in [0.25, 0.3) is 0 Å². The number of para-hydroxylation sites is 2. The molecule has 48 heavy (non-hydrogen) atoms. The van der Waals surface area contributed by atoms with Crippen LogP contribution in [0.3, 0.4) is 0 Å². The van der Waals surface area contributed by atoms with Crippen molar-refractivity contribution < 1.29 is 22.7 Å². The highest BCUT2D eigenvalue weighted by Crippen LogP contribution is 2.33. The maximum absolute atomic E-state index is 14.8. The Morgan fingerprint density at radius 1 is 0.812 bits per heavy atom. The number of amides is 2. The fourth-order valence-corrected chi connectivity index (χ4v) is 7.72. The van der Waals surface area contributed by atoms with E-state index in [0.717, 1.165) is 58.7 Å². The number of nitrogens with zero attached hydrogens (tertiary/aromatic N) is 2. The number of rotatable bonds is 13. The first-order valence-corrected chi connectivity index (χ1v) is 18.0. The second-order valence-corrected chi connectivity index (χ2v) is 14.4. The zero-order valence-electron chi connectivity index (χ0n) is 28.0. The smallest absolute Gasteiger partial charge is 0.264 e. The van der Waals surface area contributed by atoms with E-state index in [1.54, 1.807) is 41.3 Å². The van der Waals surface area contributed by atoms with Crippen molar-refractivity contribution in [1.29, 1.82) is 0 Å². The highest BCUT2D eigenvalue weighted by molar-refractivity contribution is 7.92. The Morgan fingerprint density at radius 3 is 2.17 bits per heavy atom. The summed E-state index contributed by atoms with van der Waals surface area (Å²) in [5.74, 6) is -0.433. The van der Waals surface area contributed by atoms with Crippen LogP contribution in [0, 0.1) is 13.8 Å². The molecule has 5 rings (SSSR count). The number of benzene rings is 4. The Labute approximate surface area is 284 Å². The standard InChI is InChI=1S/C39H45N3O5S/c1-29-21-23-34(24-22-29)48(45,46)42(35-19-10-11-20-37(35)47-3)28-38(43)41(27-32-16-12-13-30(2)25-32)36(26-31-14-6-4-7-15-31)39(44)40-33-17-8-5-9-18-33/h4,6-7,10-16,19-25,33,36H,5,8-9,17-18,26-28H2,1-3H3,(H,40,44)/t36-/m0/s1. The fraction of sp³-hybridized carbons (Fsp3) is 0.333. The number of sulfonamides is 1. The molecule has 252 valence electrons. The van der Waals surface area contributed by atoms with Crippen LogP contribution >= 0.6 is 0 Å². The summed E-state index contributed by atoms with van der Waals surface area (Å²) in [7, 11) is -2.77. The number of nitrogens with one attached hydrogen (secondary N) is 1. The van der Waals surface area contributed by atoms with Crippen LogP contribution in [0.1, 0.15) is 54.4 Å². The summed E-state index contributed by atoms with van der Waals surface area (Å²) in [6.45, 7) is 3.45. The van der Waals surface area contributed by atoms with Crippen molar-refractivity contribution in [2.45, 2.75) is 75.9 Å². The fourth-order valence-electron chi connectivity index (χ4n) is 6.29. The van der Waals surface area contributed by atoms with Crippen LogP contribution in [-0.2, 0) is 32.6 Å². The van der Waals surface area contributed by atoms with Gasteiger partial charge in [0.25, 0.3) is 10.0 Å². The van der Waals surface area contributed by atoms with Crippen molar-refractivity contribution in [3.63, 3.8) is 0 Å². The second-order valence-electron chi connectivity index (χ2n) is 12.6. The molecule has 1 atom stereocenters. The molecule has 1 aliphatic carbocycles. The molecule has 0 heterocycles. The number of methoxy groups -OCH3 is 1. The molecule has 1 fully saturated rings. The molecule has 1 N–H and O–H groups in total. The molecular weight excluding hydrogens is 623 g/mol. The molecule has 1 saturated carbocycles. The van der Waals surface area contributed by atoms with Gasteiger partial charge in [-0.25, -0.2) is 8.42 Å². The normalized spacial score (nSPS) is 14.1. The quantitative estimate of drug-likeness (QED) is 0.174. The number of hydrogen-bond acceptors (Lipinski definition) is 5. The van der Waals surface area contributed by atoms with E-state index in [1.807, 2.05) is 68.4 Å². The second kappa shape index (κ2) is 16.0. The van der Waals surface area contributed by atoms with Gasteiger partial charge in [0.15, 0.2) is 0 Å². The summed E-state index contributed by atoms with van der Waals surface area (Å²) < 4.78 is 35.4. The highest BCUT2D eigenvalue weighted by atomic mass is 32.2. The van der Waals surface area contributed by atoms with Gasteiger partial charge >= 0.3 is 0 Å². The zero-order chi connectivity index (χ0) is 34.1. The van der Waals surface area contributed by atoms with Gasteiger partial charge in [0.2, 0.25) is 11.8 Å². The van der Waals surface area contributed by atoms with E-state index in [0.29, 0.717) is 5.75 Å². The maximum Gasteiger partial charge on any atom is 0.264 e. The van der Waals surface area contributed by atoms with Crippen molar-refractivity contribution in [2.75, 3.05) is 18.0 Å². The lowest BCUT2D eigenvalue weighted by atomic mass is 9.94. The van der Waals surface area contributed by atoms with Crippen LogP contribution in [-0.4, -0.2) is 50.9 Å². The minimum absolute atomic E-state index is 0.0347. The maximum atomic E-state index is 14.8. The average molecular weight is 668 g/mol. The molecule has 0 aliphatic heterocycles. The van der Waals surface area contributed by atoms with E-state index in [9.17, 15) is 18.0 Å². The molecule has 0 radical (unpaired) electrons. The minimum Gasteiger partial charge on any atom is -0.495 e. The monoisotopic (exact) mass is 667 g/mol. The predicted octanol–water partition coefficient (Wildman–Crippen LogP) is 6.60. The topological polar surface area (TPSA) is 96.0 Å². The number of anilines is 1. The van der Waals surface area contributed by atoms with Gasteiger partial charge in [0, 0.05) is 19.0 Å². The number of hydrogen-bond donors (Lipinski definition) is 1. The van der Waals surface area contributed by atoms with Crippen molar-refractivity contribution in [3.8, 4) is 5.75 Å². The number of carbonyl (C=O) groups excluding carboxylic acids is 2. The van der Waals surface area contributed by atoms with Crippen molar-refractivity contribution in [1.82, 2.24) is 10.2 Å². The minimum atomic E-state index is -4.23. The van der Waals surface area contributed by atoms with Gasteiger partial charge in [-0.2, -0.15) is 0 Å². The number of carbonyl (C=O) groups is 2. The Balaban J connectivity index is 1.58. The van der Waals surface area contributed by atoms with Crippen molar-refractivity contribution >= 4 is 27.5 Å². The van der Waals surface area contributed by atoms with E-state index in [2.05, 4.69) is 5.32 Å². The van der Waals surface area contributed by atoms with E-state index < -0.39 is 28.5 Å². The lowest BCUT2D eigenvalue weighted by Crippen LogP contribution is -2.55. The van der Waals surface area contributed by atoms with E-state index in [4.69, 9.17) is 4.74 Å². The number of ether oxygens (including phenoxy) is 1. The molecule has 4 aromatic rings. The summed E-state index contributed by atoms with van der Waals surface area (Å²) in [5.41, 5.74) is 3.90. The third kappa shape index (κ3) is 8.63.